The molecule has 0 bridgehead atoms. The average molecular weight is 348 g/mol. The Hall–Kier alpha value is -2.76. The van der Waals surface area contributed by atoms with Gasteiger partial charge in [0.1, 0.15) is 0 Å². The molecule has 6 heteroatoms. The summed E-state index contributed by atoms with van der Waals surface area (Å²) in [7, 11) is 0. The van der Waals surface area contributed by atoms with Crippen LogP contribution in [0, 0.1) is 13.8 Å². The molecule has 2 aromatic heterocycles. The van der Waals surface area contributed by atoms with Crippen LogP contribution in [-0.4, -0.2) is 20.1 Å². The van der Waals surface area contributed by atoms with E-state index < -0.39 is 0 Å². The lowest BCUT2D eigenvalue weighted by Gasteiger charge is -2.24. The smallest absolute Gasteiger partial charge is 0.212 e. The number of hydrogen-bond donors (Lipinski definition) is 2. The Morgan fingerprint density at radius 1 is 1.12 bits per heavy atom. The van der Waals surface area contributed by atoms with E-state index in [0.29, 0.717) is 12.0 Å². The van der Waals surface area contributed by atoms with Gasteiger partial charge in [0.15, 0.2) is 12.1 Å². The topological polar surface area (TPSA) is 73.2 Å². The van der Waals surface area contributed by atoms with E-state index in [0.717, 1.165) is 17.0 Å². The molecule has 2 aliphatic rings. The van der Waals surface area contributed by atoms with Crippen LogP contribution in [0.25, 0.3) is 11.0 Å². The maximum absolute atomic E-state index is 6.09. The first kappa shape index (κ1) is 15.5. The Labute approximate surface area is 152 Å². The Morgan fingerprint density at radius 2 is 1.88 bits per heavy atom. The second-order valence-corrected chi connectivity index (χ2v) is 7.44. The minimum absolute atomic E-state index is 0.181. The largest absolute Gasteiger partial charge is 0.370 e. The Balaban J connectivity index is 1.69. The highest BCUT2D eigenvalue weighted by atomic mass is 15.4. The van der Waals surface area contributed by atoms with Crippen LogP contribution in [-0.2, 0) is 0 Å². The van der Waals surface area contributed by atoms with Crippen LogP contribution >= 0.6 is 0 Å². The van der Waals surface area contributed by atoms with E-state index in [9.17, 15) is 0 Å². The van der Waals surface area contributed by atoms with Crippen molar-refractivity contribution >= 4 is 22.9 Å². The van der Waals surface area contributed by atoms with Crippen molar-refractivity contribution in [3.63, 3.8) is 0 Å². The number of guanidine groups is 1. The molecule has 1 atom stereocenters. The third-order valence-electron chi connectivity index (χ3n) is 5.83. The maximum Gasteiger partial charge on any atom is 0.212 e. The molecule has 0 radical (unpaired) electrons. The van der Waals surface area contributed by atoms with Crippen LogP contribution in [0.2, 0.25) is 0 Å². The fourth-order valence-corrected chi connectivity index (χ4v) is 4.71. The molecule has 26 heavy (non-hydrogen) atoms. The molecular formula is C20H24N6. The van der Waals surface area contributed by atoms with Gasteiger partial charge >= 0.3 is 0 Å². The number of imidazole rings is 1. The molecule has 0 unspecified atom stereocenters. The predicted molar refractivity (Wildman–Crippen MR) is 105 cm³/mol. The van der Waals surface area contributed by atoms with Crippen molar-refractivity contribution in [3.05, 3.63) is 47.3 Å². The van der Waals surface area contributed by atoms with Crippen molar-refractivity contribution in [3.8, 4) is 0 Å². The molecule has 3 heterocycles. The fourth-order valence-electron chi connectivity index (χ4n) is 4.71. The van der Waals surface area contributed by atoms with E-state index in [1.54, 1.807) is 0 Å². The van der Waals surface area contributed by atoms with Crippen LogP contribution in [0.1, 0.15) is 54.8 Å². The number of aliphatic imine (C=N–C) groups is 1. The summed E-state index contributed by atoms with van der Waals surface area (Å²) in [5, 5.41) is 3.12. The molecule has 1 aromatic carbocycles. The van der Waals surface area contributed by atoms with Gasteiger partial charge in [-0.05, 0) is 44.9 Å². The van der Waals surface area contributed by atoms with Crippen molar-refractivity contribution in [1.82, 2.24) is 14.1 Å². The van der Waals surface area contributed by atoms with Crippen LogP contribution in [0.3, 0.4) is 0 Å². The third-order valence-corrected chi connectivity index (χ3v) is 5.83. The van der Waals surface area contributed by atoms with Crippen molar-refractivity contribution in [2.24, 2.45) is 10.7 Å². The normalized spacial score (nSPS) is 20.2. The summed E-state index contributed by atoms with van der Waals surface area (Å²) >= 11 is 0. The highest BCUT2D eigenvalue weighted by molar-refractivity contribution is 5.94. The number of fused-ring (bicyclic) bond motifs is 3. The third kappa shape index (κ3) is 2.18. The first-order valence-electron chi connectivity index (χ1n) is 9.39. The number of benzene rings is 1. The van der Waals surface area contributed by atoms with E-state index in [1.165, 1.54) is 42.6 Å². The van der Waals surface area contributed by atoms with E-state index in [1.807, 2.05) is 18.2 Å². The van der Waals surface area contributed by atoms with Crippen LogP contribution < -0.4 is 11.1 Å². The molecule has 1 fully saturated rings. The van der Waals surface area contributed by atoms with E-state index >= 15 is 0 Å². The molecular weight excluding hydrogens is 324 g/mol. The molecule has 134 valence electrons. The van der Waals surface area contributed by atoms with Crippen molar-refractivity contribution in [2.75, 3.05) is 5.32 Å². The molecule has 3 N–H and O–H groups in total. The van der Waals surface area contributed by atoms with Gasteiger partial charge in [0.05, 0.1) is 11.0 Å². The number of nitrogens with two attached hydrogens (primary N) is 1. The lowest BCUT2D eigenvalue weighted by Crippen LogP contribution is -2.31. The number of anilines is 1. The minimum atomic E-state index is -0.181. The first-order chi connectivity index (χ1) is 12.6. The summed E-state index contributed by atoms with van der Waals surface area (Å²) in [5.74, 6) is 1.18. The SMILES string of the molecule is Cc1cc([C@@H]2N=C(N)Nc3nc4ccccc4n32)c(C)n1C1CCCC1. The monoisotopic (exact) mass is 348 g/mol. The quantitative estimate of drug-likeness (QED) is 0.738. The number of hydrogen-bond acceptors (Lipinski definition) is 4. The molecule has 3 aromatic rings. The number of para-hydroxylation sites is 2. The summed E-state index contributed by atoms with van der Waals surface area (Å²) in [4.78, 5) is 9.45. The highest BCUT2D eigenvalue weighted by Gasteiger charge is 2.29. The standard InChI is InChI=1S/C20H24N6/c1-12-11-15(13(2)25(12)14-7-3-4-8-14)18-23-19(21)24-20-22-16-9-5-6-10-17(16)26(18)20/h5-6,9-11,14,18H,3-4,7-8H2,1-2H3,(H3,21,22,23,24)/t18-/m1/s1. The van der Waals surface area contributed by atoms with Gasteiger partial charge in [0, 0.05) is 23.0 Å². The second-order valence-electron chi connectivity index (χ2n) is 7.44. The minimum Gasteiger partial charge on any atom is -0.370 e. The second kappa shape index (κ2) is 5.62. The van der Waals surface area contributed by atoms with Crippen molar-refractivity contribution < 1.29 is 0 Å². The summed E-state index contributed by atoms with van der Waals surface area (Å²) in [6, 6.07) is 11.1. The van der Waals surface area contributed by atoms with Crippen molar-refractivity contribution in [2.45, 2.75) is 51.7 Å². The lowest BCUT2D eigenvalue weighted by molar-refractivity contribution is 0.496. The molecule has 1 saturated carbocycles. The first-order valence-corrected chi connectivity index (χ1v) is 9.39. The van der Waals surface area contributed by atoms with E-state index in [2.05, 4.69) is 40.4 Å². The summed E-state index contributed by atoms with van der Waals surface area (Å²) < 4.78 is 4.67. The fraction of sp³-hybridized carbons (Fsp3) is 0.400. The van der Waals surface area contributed by atoms with Gasteiger partial charge in [-0.1, -0.05) is 25.0 Å². The van der Waals surface area contributed by atoms with Gasteiger partial charge in [-0.25, -0.2) is 9.98 Å². The van der Waals surface area contributed by atoms with Gasteiger partial charge in [-0.15, -0.1) is 0 Å². The van der Waals surface area contributed by atoms with Crippen LogP contribution in [0.15, 0.2) is 35.3 Å². The molecule has 1 aliphatic heterocycles. The van der Waals surface area contributed by atoms with Crippen LogP contribution in [0.4, 0.5) is 5.95 Å². The van der Waals surface area contributed by atoms with Gasteiger partial charge in [-0.2, -0.15) is 0 Å². The van der Waals surface area contributed by atoms with Gasteiger partial charge in [0.25, 0.3) is 0 Å². The number of aryl methyl sites for hydroxylation is 1. The summed E-state index contributed by atoms with van der Waals surface area (Å²) in [6.07, 6.45) is 5.01. The zero-order chi connectivity index (χ0) is 17.8. The Bertz CT molecular complexity index is 1020. The highest BCUT2D eigenvalue weighted by Crippen LogP contribution is 2.38. The molecule has 1 aliphatic carbocycles. The van der Waals surface area contributed by atoms with E-state index in [4.69, 9.17) is 15.7 Å². The molecule has 6 nitrogen and oxygen atoms in total. The van der Waals surface area contributed by atoms with Gasteiger partial charge < -0.3 is 10.3 Å². The zero-order valence-electron chi connectivity index (χ0n) is 15.2. The summed E-state index contributed by atoms with van der Waals surface area (Å²) in [5.41, 5.74) is 11.9. The predicted octanol–water partition coefficient (Wildman–Crippen LogP) is 3.86. The van der Waals surface area contributed by atoms with E-state index in [-0.39, 0.29) is 6.17 Å². The van der Waals surface area contributed by atoms with Crippen molar-refractivity contribution in [1.29, 1.82) is 0 Å². The molecule has 0 saturated heterocycles. The number of nitrogens with zero attached hydrogens (tertiary/aromatic N) is 4. The Morgan fingerprint density at radius 3 is 2.69 bits per heavy atom. The zero-order valence-corrected chi connectivity index (χ0v) is 15.2. The lowest BCUT2D eigenvalue weighted by atomic mass is 10.1. The van der Waals surface area contributed by atoms with Gasteiger partial charge in [-0.3, -0.25) is 9.88 Å². The number of nitrogens with one attached hydrogen (secondary N) is 1. The van der Waals surface area contributed by atoms with Gasteiger partial charge in [0.2, 0.25) is 5.95 Å². The average Bonchev–Trinajstić information content (AvgIpc) is 3.31. The molecule has 5 rings (SSSR count). The Kier molecular flexibility index (Phi) is 3.35. The molecule has 0 amide bonds. The maximum atomic E-state index is 6.09. The number of aromatic nitrogens is 3. The molecule has 0 spiro atoms. The van der Waals surface area contributed by atoms with Crippen LogP contribution in [0.5, 0.6) is 0 Å². The summed E-state index contributed by atoms with van der Waals surface area (Å²) in [6.45, 7) is 4.42. The number of rotatable bonds is 2.